The third-order valence-corrected chi connectivity index (χ3v) is 10.9. The molecule has 0 spiro atoms. The molecule has 214 valence electrons. The first-order valence-corrected chi connectivity index (χ1v) is 16.6. The van der Waals surface area contributed by atoms with Crippen LogP contribution in [0.5, 0.6) is 0 Å². The minimum absolute atomic E-state index is 1.17. The van der Waals surface area contributed by atoms with Crippen LogP contribution in [-0.2, 0) is 0 Å². The fourth-order valence-corrected chi connectivity index (χ4v) is 8.79. The molecule has 0 aliphatic rings. The highest BCUT2D eigenvalue weighted by Crippen LogP contribution is 2.41. The Labute approximate surface area is 270 Å². The molecule has 0 saturated heterocycles. The second-order valence-corrected chi connectivity index (χ2v) is 13.3. The van der Waals surface area contributed by atoms with Crippen molar-refractivity contribution in [1.82, 2.24) is 9.13 Å². The van der Waals surface area contributed by atoms with Gasteiger partial charge in [0.15, 0.2) is 0 Å². The standard InChI is InChI=1S/C42H27BN2S/c43-35-25-28(24-34-32-14-6-9-20-40(32)46-42(34)35)45-36-17-7-4-13-30(36)31-22-21-26(23-39(31)45)29-16-10-19-38-41(29)33-15-5-8-18-37(33)44(38)27-11-2-1-3-12-27/h1-25H,43H2. The van der Waals surface area contributed by atoms with Crippen LogP contribution in [0.25, 0.3) is 86.3 Å². The van der Waals surface area contributed by atoms with E-state index in [1.165, 1.54) is 91.7 Å². The van der Waals surface area contributed by atoms with Gasteiger partial charge in [0.25, 0.3) is 0 Å². The average molecular weight is 603 g/mol. The highest BCUT2D eigenvalue weighted by Gasteiger charge is 2.19. The fourth-order valence-electron chi connectivity index (χ4n) is 7.64. The molecular weight excluding hydrogens is 575 g/mol. The number of para-hydroxylation sites is 3. The van der Waals surface area contributed by atoms with Crippen LogP contribution in [0.3, 0.4) is 0 Å². The van der Waals surface area contributed by atoms with Crippen LogP contribution >= 0.6 is 11.3 Å². The molecule has 0 unspecified atom stereocenters. The largest absolute Gasteiger partial charge is 0.309 e. The highest BCUT2D eigenvalue weighted by molar-refractivity contribution is 7.26. The molecule has 3 heterocycles. The van der Waals surface area contributed by atoms with Crippen molar-refractivity contribution in [2.45, 2.75) is 0 Å². The smallest absolute Gasteiger partial charge is 0.141 e. The Bertz CT molecular complexity index is 2820. The van der Waals surface area contributed by atoms with Crippen LogP contribution in [0.15, 0.2) is 152 Å². The van der Waals surface area contributed by atoms with Crippen molar-refractivity contribution in [2.24, 2.45) is 0 Å². The fraction of sp³-hybridized carbons (Fsp3) is 0. The third-order valence-electron chi connectivity index (χ3n) is 9.60. The second kappa shape index (κ2) is 9.71. The second-order valence-electron chi connectivity index (χ2n) is 12.2. The molecule has 2 nitrogen and oxygen atoms in total. The SMILES string of the molecule is Bc1cc(-n2c3ccccc3c3ccc(-c4cccc5c4c4ccccc4n5-c4ccccc4)cc32)cc2c1sc1ccccc12. The lowest BCUT2D eigenvalue weighted by Crippen LogP contribution is -2.05. The summed E-state index contributed by atoms with van der Waals surface area (Å²) < 4.78 is 7.57. The van der Waals surface area contributed by atoms with Crippen molar-refractivity contribution in [3.8, 4) is 22.5 Å². The zero-order valence-electron chi connectivity index (χ0n) is 25.2. The lowest BCUT2D eigenvalue weighted by atomic mass is 9.93. The molecule has 46 heavy (non-hydrogen) atoms. The first-order valence-electron chi connectivity index (χ1n) is 15.8. The summed E-state index contributed by atoms with van der Waals surface area (Å²) in [5.74, 6) is 0. The predicted octanol–water partition coefficient (Wildman–Crippen LogP) is 10.2. The van der Waals surface area contributed by atoms with Crippen molar-refractivity contribution < 1.29 is 0 Å². The normalized spacial score (nSPS) is 12.0. The summed E-state index contributed by atoms with van der Waals surface area (Å²) in [6.07, 6.45) is 0. The number of thiophene rings is 1. The average Bonchev–Trinajstić information content (AvgIpc) is 3.76. The molecule has 0 aliphatic carbocycles. The molecule has 3 aromatic heterocycles. The van der Waals surface area contributed by atoms with Crippen LogP contribution in [-0.4, -0.2) is 17.0 Å². The predicted molar refractivity (Wildman–Crippen MR) is 202 cm³/mol. The van der Waals surface area contributed by atoms with E-state index in [2.05, 4.69) is 169 Å². The molecule has 0 fully saturated rings. The molecule has 0 saturated carbocycles. The maximum Gasteiger partial charge on any atom is 0.141 e. The molecule has 0 atom stereocenters. The molecule has 0 radical (unpaired) electrons. The quantitative estimate of drug-likeness (QED) is 0.178. The molecule has 0 N–H and O–H groups in total. The highest BCUT2D eigenvalue weighted by atomic mass is 32.1. The summed E-state index contributed by atoms with van der Waals surface area (Å²) >= 11 is 1.89. The monoisotopic (exact) mass is 602 g/mol. The van der Waals surface area contributed by atoms with Gasteiger partial charge in [0.1, 0.15) is 7.85 Å². The van der Waals surface area contributed by atoms with Crippen molar-refractivity contribution in [3.05, 3.63) is 152 Å². The Morgan fingerprint density at radius 2 is 1.09 bits per heavy atom. The number of nitrogens with zero attached hydrogens (tertiary/aromatic N) is 2. The summed E-state index contributed by atoms with van der Waals surface area (Å²) in [5.41, 5.74) is 11.1. The number of aromatic nitrogens is 2. The van der Waals surface area contributed by atoms with E-state index in [9.17, 15) is 0 Å². The molecular formula is C42H27BN2S. The zero-order chi connectivity index (χ0) is 30.4. The van der Waals surface area contributed by atoms with Gasteiger partial charge in [0.2, 0.25) is 0 Å². The van der Waals surface area contributed by atoms with Gasteiger partial charge in [-0.15, -0.1) is 11.3 Å². The van der Waals surface area contributed by atoms with Crippen LogP contribution in [0.4, 0.5) is 0 Å². The Hall–Kier alpha value is -5.58. The van der Waals surface area contributed by atoms with E-state index in [1.54, 1.807) is 0 Å². The number of hydrogen-bond donors (Lipinski definition) is 0. The van der Waals surface area contributed by atoms with E-state index in [4.69, 9.17) is 0 Å². The van der Waals surface area contributed by atoms with Crippen LogP contribution in [0, 0.1) is 0 Å². The molecule has 7 aromatic carbocycles. The van der Waals surface area contributed by atoms with Gasteiger partial charge in [-0.2, -0.15) is 0 Å². The van der Waals surface area contributed by atoms with E-state index in [0.29, 0.717) is 0 Å². The van der Waals surface area contributed by atoms with Crippen molar-refractivity contribution in [2.75, 3.05) is 0 Å². The Morgan fingerprint density at radius 3 is 1.93 bits per heavy atom. The molecule has 0 bridgehead atoms. The van der Waals surface area contributed by atoms with Gasteiger partial charge in [-0.1, -0.05) is 103 Å². The molecule has 4 heteroatoms. The molecule has 10 aromatic rings. The third kappa shape index (κ3) is 3.59. The van der Waals surface area contributed by atoms with Crippen molar-refractivity contribution >= 4 is 88.4 Å². The minimum atomic E-state index is 1.17. The topological polar surface area (TPSA) is 9.86 Å². The summed E-state index contributed by atoms with van der Waals surface area (Å²) in [6, 6.07) is 55.6. The first kappa shape index (κ1) is 25.7. The van der Waals surface area contributed by atoms with Gasteiger partial charge in [0.05, 0.1) is 22.1 Å². The molecule has 0 aliphatic heterocycles. The zero-order valence-corrected chi connectivity index (χ0v) is 26.1. The van der Waals surface area contributed by atoms with E-state index < -0.39 is 0 Å². The summed E-state index contributed by atoms with van der Waals surface area (Å²) in [7, 11) is 2.25. The lowest BCUT2D eigenvalue weighted by Gasteiger charge is -2.12. The van der Waals surface area contributed by atoms with Crippen LogP contribution < -0.4 is 5.46 Å². The lowest BCUT2D eigenvalue weighted by molar-refractivity contribution is 1.18. The van der Waals surface area contributed by atoms with Crippen molar-refractivity contribution in [3.63, 3.8) is 0 Å². The van der Waals surface area contributed by atoms with Gasteiger partial charge >= 0.3 is 0 Å². The molecule has 0 amide bonds. The summed E-state index contributed by atoms with van der Waals surface area (Å²) in [5, 5.41) is 7.75. The van der Waals surface area contributed by atoms with Gasteiger partial charge in [-0.25, -0.2) is 0 Å². The van der Waals surface area contributed by atoms with E-state index in [1.807, 2.05) is 11.3 Å². The van der Waals surface area contributed by atoms with Gasteiger partial charge in [-0.3, -0.25) is 0 Å². The number of hydrogen-bond acceptors (Lipinski definition) is 1. The Kier molecular flexibility index (Phi) is 5.43. The van der Waals surface area contributed by atoms with Crippen LogP contribution in [0.2, 0.25) is 0 Å². The van der Waals surface area contributed by atoms with Gasteiger partial charge in [0, 0.05) is 53.1 Å². The summed E-state index contributed by atoms with van der Waals surface area (Å²) in [4.78, 5) is 0. The number of rotatable bonds is 3. The van der Waals surface area contributed by atoms with Crippen LogP contribution in [0.1, 0.15) is 0 Å². The Balaban J connectivity index is 1.27. The first-order chi connectivity index (χ1) is 22.7. The van der Waals surface area contributed by atoms with Crippen molar-refractivity contribution in [1.29, 1.82) is 0 Å². The maximum absolute atomic E-state index is 2.47. The van der Waals surface area contributed by atoms with Gasteiger partial charge < -0.3 is 9.13 Å². The summed E-state index contributed by atoms with van der Waals surface area (Å²) in [6.45, 7) is 0. The molecule has 10 rings (SSSR count). The minimum Gasteiger partial charge on any atom is -0.309 e. The van der Waals surface area contributed by atoms with Gasteiger partial charge in [-0.05, 0) is 65.7 Å². The number of benzene rings is 7. The number of fused-ring (bicyclic) bond motifs is 9. The maximum atomic E-state index is 2.47. The van der Waals surface area contributed by atoms with E-state index in [-0.39, 0.29) is 0 Å². The Morgan fingerprint density at radius 1 is 0.435 bits per heavy atom. The van der Waals surface area contributed by atoms with E-state index >= 15 is 0 Å². The van der Waals surface area contributed by atoms with E-state index in [0.717, 1.165) is 0 Å².